The summed E-state index contributed by atoms with van der Waals surface area (Å²) in [6.45, 7) is 0.0955. The number of hydrogen-bond acceptors (Lipinski definition) is 3. The number of nitrogens with zero attached hydrogens (tertiary/aromatic N) is 3. The molecule has 1 unspecified atom stereocenters. The zero-order chi connectivity index (χ0) is 15.6. The summed E-state index contributed by atoms with van der Waals surface area (Å²) in [6, 6.07) is -1.20. The van der Waals surface area contributed by atoms with Crippen LogP contribution in [0.2, 0.25) is 0 Å². The maximum absolute atomic E-state index is 12.3. The number of likely N-dealkylation sites (tertiary alicyclic amines) is 1. The zero-order valence-electron chi connectivity index (χ0n) is 11.5. The van der Waals surface area contributed by atoms with Crippen molar-refractivity contribution >= 4 is 12.0 Å². The topological polar surface area (TPSA) is 64.1 Å². The predicted octanol–water partition coefficient (Wildman–Crippen LogP) is 0.835. The normalized spacial score (nSPS) is 24.4. The number of carboxylic acids is 1. The molecule has 2 heterocycles. The number of carboxylic acid groups (broad SMARTS) is 1. The summed E-state index contributed by atoms with van der Waals surface area (Å²) < 4.78 is 36.9. The molecule has 0 radical (unpaired) electrons. The van der Waals surface area contributed by atoms with Crippen LogP contribution in [-0.2, 0) is 4.79 Å². The Morgan fingerprint density at radius 3 is 2.24 bits per heavy atom. The number of hydrogen-bond donors (Lipinski definition) is 1. The molecule has 2 saturated heterocycles. The second kappa shape index (κ2) is 6.08. The van der Waals surface area contributed by atoms with E-state index in [-0.39, 0.29) is 32.2 Å². The number of piperazine rings is 1. The molecule has 2 aliphatic heterocycles. The Hall–Kier alpha value is -1.51. The standard InChI is InChI=1S/C12H18F3N3O3/c13-12(14,15)8-16-4-6-17(7-5-16)11(21)18-3-1-2-9(18)10(19)20/h9H,1-8H2,(H,19,20). The third-order valence-electron chi connectivity index (χ3n) is 3.83. The van der Waals surface area contributed by atoms with Gasteiger partial charge in [0.15, 0.2) is 0 Å². The van der Waals surface area contributed by atoms with Crippen LogP contribution in [0.25, 0.3) is 0 Å². The van der Waals surface area contributed by atoms with Crippen molar-refractivity contribution in [2.45, 2.75) is 25.1 Å². The van der Waals surface area contributed by atoms with Gasteiger partial charge in [-0.15, -0.1) is 0 Å². The van der Waals surface area contributed by atoms with Gasteiger partial charge >= 0.3 is 18.2 Å². The third kappa shape index (κ3) is 3.99. The van der Waals surface area contributed by atoms with Crippen LogP contribution in [-0.4, -0.2) is 83.3 Å². The lowest BCUT2D eigenvalue weighted by Crippen LogP contribution is -2.55. The molecule has 2 fully saturated rings. The van der Waals surface area contributed by atoms with E-state index in [2.05, 4.69) is 0 Å². The van der Waals surface area contributed by atoms with E-state index in [1.807, 2.05) is 0 Å². The first kappa shape index (κ1) is 15.9. The van der Waals surface area contributed by atoms with Crippen molar-refractivity contribution in [3.05, 3.63) is 0 Å². The van der Waals surface area contributed by atoms with E-state index in [1.54, 1.807) is 0 Å². The number of urea groups is 1. The fraction of sp³-hybridized carbons (Fsp3) is 0.833. The Morgan fingerprint density at radius 2 is 1.71 bits per heavy atom. The van der Waals surface area contributed by atoms with E-state index >= 15 is 0 Å². The molecule has 120 valence electrons. The van der Waals surface area contributed by atoms with Crippen LogP contribution in [0.4, 0.5) is 18.0 Å². The molecule has 1 atom stereocenters. The largest absolute Gasteiger partial charge is 0.480 e. The molecule has 21 heavy (non-hydrogen) atoms. The van der Waals surface area contributed by atoms with Crippen molar-refractivity contribution in [2.24, 2.45) is 0 Å². The average Bonchev–Trinajstić information content (AvgIpc) is 2.86. The van der Waals surface area contributed by atoms with Gasteiger partial charge in [0.25, 0.3) is 0 Å². The summed E-state index contributed by atoms with van der Waals surface area (Å²) in [5.74, 6) is -1.03. The summed E-state index contributed by atoms with van der Waals surface area (Å²) in [7, 11) is 0. The van der Waals surface area contributed by atoms with Crippen LogP contribution in [0.1, 0.15) is 12.8 Å². The molecule has 1 N–H and O–H groups in total. The van der Waals surface area contributed by atoms with Gasteiger partial charge in [0, 0.05) is 32.7 Å². The maximum Gasteiger partial charge on any atom is 0.401 e. The Labute approximate surface area is 120 Å². The second-order valence-electron chi connectivity index (χ2n) is 5.35. The van der Waals surface area contributed by atoms with Crippen LogP contribution < -0.4 is 0 Å². The quantitative estimate of drug-likeness (QED) is 0.821. The van der Waals surface area contributed by atoms with Crippen molar-refractivity contribution in [3.8, 4) is 0 Å². The molecule has 2 amide bonds. The van der Waals surface area contributed by atoms with Gasteiger partial charge in [0.1, 0.15) is 6.04 Å². The molecule has 0 aromatic carbocycles. The predicted molar refractivity (Wildman–Crippen MR) is 66.8 cm³/mol. The molecule has 0 spiro atoms. The number of amides is 2. The number of carbonyl (C=O) groups excluding carboxylic acids is 1. The van der Waals surface area contributed by atoms with Crippen LogP contribution in [0.5, 0.6) is 0 Å². The van der Waals surface area contributed by atoms with Gasteiger partial charge in [-0.1, -0.05) is 0 Å². The molecule has 0 aliphatic carbocycles. The van der Waals surface area contributed by atoms with Crippen molar-refractivity contribution in [2.75, 3.05) is 39.3 Å². The second-order valence-corrected chi connectivity index (χ2v) is 5.35. The maximum atomic E-state index is 12.3. The molecule has 0 aromatic heterocycles. The smallest absolute Gasteiger partial charge is 0.401 e. The van der Waals surface area contributed by atoms with E-state index < -0.39 is 24.7 Å². The van der Waals surface area contributed by atoms with Gasteiger partial charge in [-0.3, -0.25) is 4.90 Å². The summed E-state index contributed by atoms with van der Waals surface area (Å²) in [5.41, 5.74) is 0. The average molecular weight is 309 g/mol. The highest BCUT2D eigenvalue weighted by molar-refractivity contribution is 5.83. The number of rotatable bonds is 2. The molecule has 9 heteroatoms. The Kier molecular flexibility index (Phi) is 4.60. The molecule has 0 bridgehead atoms. The highest BCUT2D eigenvalue weighted by Gasteiger charge is 2.38. The first-order valence-electron chi connectivity index (χ1n) is 6.85. The number of aliphatic carboxylic acids is 1. The Bertz CT molecular complexity index is 408. The van der Waals surface area contributed by atoms with Crippen molar-refractivity contribution < 1.29 is 27.9 Å². The minimum atomic E-state index is -4.24. The minimum Gasteiger partial charge on any atom is -0.480 e. The van der Waals surface area contributed by atoms with Gasteiger partial charge in [0.05, 0.1) is 6.54 Å². The van der Waals surface area contributed by atoms with Crippen molar-refractivity contribution in [1.82, 2.24) is 14.7 Å². The fourth-order valence-corrected chi connectivity index (χ4v) is 2.78. The summed E-state index contributed by atoms with van der Waals surface area (Å²) >= 11 is 0. The highest BCUT2D eigenvalue weighted by atomic mass is 19.4. The van der Waals surface area contributed by atoms with Crippen LogP contribution in [0, 0.1) is 0 Å². The van der Waals surface area contributed by atoms with E-state index in [9.17, 15) is 22.8 Å². The van der Waals surface area contributed by atoms with Crippen molar-refractivity contribution in [3.63, 3.8) is 0 Å². The Balaban J connectivity index is 1.87. The first-order valence-corrected chi connectivity index (χ1v) is 6.85. The summed E-state index contributed by atoms with van der Waals surface area (Å²) in [5, 5.41) is 9.05. The SMILES string of the molecule is O=C(O)C1CCCN1C(=O)N1CCN(CC(F)(F)F)CC1. The first-order chi connectivity index (χ1) is 9.78. The van der Waals surface area contributed by atoms with Crippen LogP contribution >= 0.6 is 0 Å². The summed E-state index contributed by atoms with van der Waals surface area (Å²) in [6.07, 6.45) is -3.18. The lowest BCUT2D eigenvalue weighted by atomic mass is 10.2. The lowest BCUT2D eigenvalue weighted by Gasteiger charge is -2.37. The molecule has 6 nitrogen and oxygen atoms in total. The molecule has 0 saturated carbocycles. The molecular formula is C12H18F3N3O3. The van der Waals surface area contributed by atoms with E-state index in [4.69, 9.17) is 5.11 Å². The van der Waals surface area contributed by atoms with Crippen LogP contribution in [0.15, 0.2) is 0 Å². The minimum absolute atomic E-state index is 0.150. The Morgan fingerprint density at radius 1 is 1.10 bits per heavy atom. The van der Waals surface area contributed by atoms with Crippen LogP contribution in [0.3, 0.4) is 0 Å². The van der Waals surface area contributed by atoms with Gasteiger partial charge in [-0.05, 0) is 12.8 Å². The van der Waals surface area contributed by atoms with Gasteiger partial charge in [-0.2, -0.15) is 13.2 Å². The molecule has 0 aromatic rings. The monoisotopic (exact) mass is 309 g/mol. The van der Waals surface area contributed by atoms with Gasteiger partial charge in [0.2, 0.25) is 0 Å². The van der Waals surface area contributed by atoms with Crippen molar-refractivity contribution in [1.29, 1.82) is 0 Å². The lowest BCUT2D eigenvalue weighted by molar-refractivity contribution is -0.149. The van der Waals surface area contributed by atoms with Gasteiger partial charge in [-0.25, -0.2) is 9.59 Å². The molecule has 2 aliphatic rings. The number of halogens is 3. The van der Waals surface area contributed by atoms with Gasteiger partial charge < -0.3 is 14.9 Å². The fourth-order valence-electron chi connectivity index (χ4n) is 2.78. The third-order valence-corrected chi connectivity index (χ3v) is 3.83. The van der Waals surface area contributed by atoms with E-state index in [0.717, 1.165) is 0 Å². The molecular weight excluding hydrogens is 291 g/mol. The highest BCUT2D eigenvalue weighted by Crippen LogP contribution is 2.21. The van der Waals surface area contributed by atoms with E-state index in [0.29, 0.717) is 19.4 Å². The number of alkyl halides is 3. The zero-order valence-corrected chi connectivity index (χ0v) is 11.5. The number of carbonyl (C=O) groups is 2. The molecule has 2 rings (SSSR count). The summed E-state index contributed by atoms with van der Waals surface area (Å²) in [4.78, 5) is 27.3. The van der Waals surface area contributed by atoms with E-state index in [1.165, 1.54) is 14.7 Å².